The molecule has 0 atom stereocenters. The van der Waals surface area contributed by atoms with Crippen molar-refractivity contribution in [3.8, 4) is 5.75 Å². The highest BCUT2D eigenvalue weighted by Crippen LogP contribution is 2.36. The van der Waals surface area contributed by atoms with Crippen molar-refractivity contribution in [2.45, 2.75) is 6.42 Å². The second-order valence-electron chi connectivity index (χ2n) is 5.19. The fourth-order valence-electron chi connectivity index (χ4n) is 2.37. The summed E-state index contributed by atoms with van der Waals surface area (Å²) in [5.41, 5.74) is 3.52. The number of hydrogen-bond donors (Lipinski definition) is 1. The summed E-state index contributed by atoms with van der Waals surface area (Å²) in [4.78, 5) is 7.05. The zero-order chi connectivity index (χ0) is 15.7. The third kappa shape index (κ3) is 2.85. The van der Waals surface area contributed by atoms with Gasteiger partial charge in [0.1, 0.15) is 5.75 Å². The molecule has 2 heterocycles. The molecule has 1 aliphatic rings. The van der Waals surface area contributed by atoms with Gasteiger partial charge in [-0.15, -0.1) is 0 Å². The number of ether oxygens (including phenoxy) is 1. The molecule has 116 valence electrons. The molecule has 0 bridgehead atoms. The predicted octanol–water partition coefficient (Wildman–Crippen LogP) is 2.13. The lowest BCUT2D eigenvalue weighted by atomic mass is 9.98. The number of sulfonamides is 1. The largest absolute Gasteiger partial charge is 0.493 e. The average Bonchev–Trinajstić information content (AvgIpc) is 2.98. The molecule has 0 saturated heterocycles. The highest BCUT2D eigenvalue weighted by Gasteiger charge is 2.19. The van der Waals surface area contributed by atoms with Crippen LogP contribution < -0.4 is 9.04 Å². The molecule has 0 fully saturated rings. The molecule has 7 heteroatoms. The lowest BCUT2D eigenvalue weighted by molar-refractivity contribution is 0.317. The number of aromatic amines is 1. The number of benzene rings is 1. The molecule has 22 heavy (non-hydrogen) atoms. The number of hydrogen-bond acceptors (Lipinski definition) is 4. The maximum absolute atomic E-state index is 11.7. The van der Waals surface area contributed by atoms with E-state index in [1.54, 1.807) is 25.6 Å². The van der Waals surface area contributed by atoms with Gasteiger partial charge in [0.05, 0.1) is 36.8 Å². The van der Waals surface area contributed by atoms with Crippen molar-refractivity contribution in [1.29, 1.82) is 0 Å². The number of H-pyrrole nitrogens is 1. The number of nitrogens with one attached hydrogen (secondary N) is 1. The van der Waals surface area contributed by atoms with Gasteiger partial charge < -0.3 is 9.72 Å². The van der Waals surface area contributed by atoms with Crippen LogP contribution in [0, 0.1) is 0 Å². The Balaban J connectivity index is 2.05. The van der Waals surface area contributed by atoms with Gasteiger partial charge in [-0.3, -0.25) is 4.31 Å². The highest BCUT2D eigenvalue weighted by atomic mass is 32.2. The van der Waals surface area contributed by atoms with Crippen LogP contribution in [-0.2, 0) is 10.0 Å². The van der Waals surface area contributed by atoms with E-state index in [1.165, 1.54) is 10.6 Å². The van der Waals surface area contributed by atoms with Gasteiger partial charge in [-0.05, 0) is 29.8 Å². The van der Waals surface area contributed by atoms with Crippen LogP contribution in [0.3, 0.4) is 0 Å². The zero-order valence-electron chi connectivity index (χ0n) is 12.4. The van der Waals surface area contributed by atoms with Crippen molar-refractivity contribution < 1.29 is 13.2 Å². The summed E-state index contributed by atoms with van der Waals surface area (Å²) in [6.07, 6.45) is 7.33. The van der Waals surface area contributed by atoms with Gasteiger partial charge in [0.15, 0.2) is 0 Å². The number of fused-ring (bicyclic) bond motifs is 1. The Kier molecular flexibility index (Phi) is 3.66. The van der Waals surface area contributed by atoms with Crippen LogP contribution in [0.15, 0.2) is 30.7 Å². The summed E-state index contributed by atoms with van der Waals surface area (Å²) >= 11 is 0. The van der Waals surface area contributed by atoms with E-state index in [4.69, 9.17) is 4.74 Å². The standard InChI is InChI=1S/C15H17N3O3S/c1-18(22(2,19)20)13-3-4-15-14(8-13)11(5-6-21-15)7-12-9-16-10-17-12/h3-4,7-10H,5-6H2,1-2H3,(H,16,17). The molecule has 0 unspecified atom stereocenters. The van der Waals surface area contributed by atoms with Gasteiger partial charge in [0, 0.05) is 19.0 Å². The van der Waals surface area contributed by atoms with Crippen LogP contribution in [0.1, 0.15) is 17.7 Å². The van der Waals surface area contributed by atoms with Crippen LogP contribution in [-0.4, -0.2) is 38.3 Å². The minimum atomic E-state index is -3.29. The van der Waals surface area contributed by atoms with Crippen molar-refractivity contribution in [3.63, 3.8) is 0 Å². The van der Waals surface area contributed by atoms with Crippen LogP contribution in [0.5, 0.6) is 5.75 Å². The highest BCUT2D eigenvalue weighted by molar-refractivity contribution is 7.92. The number of aromatic nitrogens is 2. The molecule has 0 radical (unpaired) electrons. The Bertz CT molecular complexity index is 811. The van der Waals surface area contributed by atoms with Gasteiger partial charge in [-0.1, -0.05) is 0 Å². The van der Waals surface area contributed by atoms with Crippen LogP contribution in [0.25, 0.3) is 11.6 Å². The third-order valence-electron chi connectivity index (χ3n) is 3.65. The molecule has 1 aromatic heterocycles. The van der Waals surface area contributed by atoms with Gasteiger partial charge >= 0.3 is 0 Å². The second kappa shape index (κ2) is 5.49. The molecule has 6 nitrogen and oxygen atoms in total. The van der Waals surface area contributed by atoms with Gasteiger partial charge in [-0.2, -0.15) is 0 Å². The van der Waals surface area contributed by atoms with E-state index < -0.39 is 10.0 Å². The van der Waals surface area contributed by atoms with Gasteiger partial charge in [0.25, 0.3) is 0 Å². The first-order valence-electron chi connectivity index (χ1n) is 6.85. The molecule has 0 aliphatic carbocycles. The summed E-state index contributed by atoms with van der Waals surface area (Å²) in [6.45, 7) is 0.605. The Hall–Kier alpha value is -2.28. The molecule has 0 saturated carbocycles. The first kappa shape index (κ1) is 14.6. The summed E-state index contributed by atoms with van der Waals surface area (Å²) < 4.78 is 30.3. The van der Waals surface area contributed by atoms with Crippen molar-refractivity contribution in [1.82, 2.24) is 9.97 Å². The van der Waals surface area contributed by atoms with Crippen molar-refractivity contribution in [2.75, 3.05) is 24.2 Å². The summed E-state index contributed by atoms with van der Waals surface area (Å²) in [6, 6.07) is 5.41. The quantitative estimate of drug-likeness (QED) is 0.940. The van der Waals surface area contributed by atoms with E-state index in [2.05, 4.69) is 9.97 Å². The van der Waals surface area contributed by atoms with E-state index in [0.717, 1.165) is 29.0 Å². The maximum Gasteiger partial charge on any atom is 0.231 e. The molecule has 3 rings (SSSR count). The van der Waals surface area contributed by atoms with E-state index in [1.807, 2.05) is 18.2 Å². The zero-order valence-corrected chi connectivity index (χ0v) is 13.2. The van der Waals surface area contributed by atoms with Crippen LogP contribution in [0.4, 0.5) is 5.69 Å². The third-order valence-corrected chi connectivity index (χ3v) is 4.85. The molecule has 1 N–H and O–H groups in total. The van der Waals surface area contributed by atoms with Crippen LogP contribution in [0.2, 0.25) is 0 Å². The summed E-state index contributed by atoms with van der Waals surface area (Å²) in [5.74, 6) is 0.766. The number of imidazole rings is 1. The number of nitrogens with zero attached hydrogens (tertiary/aromatic N) is 2. The van der Waals surface area contributed by atoms with Gasteiger partial charge in [-0.25, -0.2) is 13.4 Å². The van der Waals surface area contributed by atoms with E-state index in [-0.39, 0.29) is 0 Å². The Morgan fingerprint density at radius 3 is 2.91 bits per heavy atom. The predicted molar refractivity (Wildman–Crippen MR) is 86.3 cm³/mol. The average molecular weight is 319 g/mol. The Labute approximate surface area is 129 Å². The molecule has 1 aromatic carbocycles. The second-order valence-corrected chi connectivity index (χ2v) is 7.20. The Morgan fingerprint density at radius 2 is 2.23 bits per heavy atom. The minimum Gasteiger partial charge on any atom is -0.493 e. The number of anilines is 1. The normalized spacial score (nSPS) is 16.2. The van der Waals surface area contributed by atoms with E-state index >= 15 is 0 Å². The summed E-state index contributed by atoms with van der Waals surface area (Å²) in [7, 11) is -1.75. The lowest BCUT2D eigenvalue weighted by Gasteiger charge is -2.23. The molecular formula is C15H17N3O3S. The smallest absolute Gasteiger partial charge is 0.231 e. The first-order chi connectivity index (χ1) is 10.4. The summed E-state index contributed by atoms with van der Waals surface area (Å²) in [5, 5.41) is 0. The first-order valence-corrected chi connectivity index (χ1v) is 8.70. The number of rotatable bonds is 3. The van der Waals surface area contributed by atoms with Crippen LogP contribution >= 0.6 is 0 Å². The van der Waals surface area contributed by atoms with Crippen molar-refractivity contribution in [3.05, 3.63) is 42.0 Å². The lowest BCUT2D eigenvalue weighted by Crippen LogP contribution is -2.25. The fraction of sp³-hybridized carbons (Fsp3) is 0.267. The SMILES string of the molecule is CN(c1ccc2c(c1)C(=Cc1cnc[nH]1)CCO2)S(C)(=O)=O. The topological polar surface area (TPSA) is 75.3 Å². The molecule has 0 amide bonds. The minimum absolute atomic E-state index is 0.605. The van der Waals surface area contributed by atoms with Gasteiger partial charge in [0.2, 0.25) is 10.0 Å². The molecule has 0 spiro atoms. The molecular weight excluding hydrogens is 302 g/mol. The monoisotopic (exact) mass is 319 g/mol. The van der Waals surface area contributed by atoms with Crippen molar-refractivity contribution >= 4 is 27.4 Å². The Morgan fingerprint density at radius 1 is 1.41 bits per heavy atom. The van der Waals surface area contributed by atoms with E-state index in [0.29, 0.717) is 12.3 Å². The molecule has 2 aromatic rings. The maximum atomic E-state index is 11.7. The van der Waals surface area contributed by atoms with E-state index in [9.17, 15) is 8.42 Å². The fourth-order valence-corrected chi connectivity index (χ4v) is 2.87. The van der Waals surface area contributed by atoms with Crippen molar-refractivity contribution in [2.24, 2.45) is 0 Å². The molecule has 1 aliphatic heterocycles.